The molecular weight excluding hydrogens is 262 g/mol. The Morgan fingerprint density at radius 3 is 2.57 bits per heavy atom. The second-order valence-electron chi connectivity index (χ2n) is 5.05. The molecule has 0 saturated heterocycles. The summed E-state index contributed by atoms with van der Waals surface area (Å²) in [7, 11) is 0. The molecule has 21 heavy (non-hydrogen) atoms. The number of rotatable bonds is 2. The van der Waals surface area contributed by atoms with Crippen molar-refractivity contribution >= 4 is 21.8 Å². The lowest BCUT2D eigenvalue weighted by Crippen LogP contribution is -2.22. The van der Waals surface area contributed by atoms with Crippen LogP contribution in [-0.2, 0) is 6.54 Å². The quantitative estimate of drug-likeness (QED) is 0.611. The predicted molar refractivity (Wildman–Crippen MR) is 83.4 cm³/mol. The topological polar surface area (TPSA) is 50.7 Å². The van der Waals surface area contributed by atoms with Crippen LogP contribution in [-0.4, -0.2) is 14.8 Å². The molecule has 4 heteroatoms. The molecule has 0 amide bonds. The van der Waals surface area contributed by atoms with Crippen molar-refractivity contribution in [3.8, 4) is 0 Å². The normalized spacial score (nSPS) is 11.2. The summed E-state index contributed by atoms with van der Waals surface area (Å²) in [6, 6.07) is 17.7. The predicted octanol–water partition coefficient (Wildman–Crippen LogP) is 2.93. The molecule has 0 atom stereocenters. The van der Waals surface area contributed by atoms with E-state index < -0.39 is 0 Å². The van der Waals surface area contributed by atoms with Gasteiger partial charge < -0.3 is 4.98 Å². The van der Waals surface area contributed by atoms with Crippen LogP contribution in [0.2, 0.25) is 0 Å². The molecular formula is C17H13N3O. The van der Waals surface area contributed by atoms with Crippen LogP contribution in [0.5, 0.6) is 0 Å². The minimum atomic E-state index is -0.0613. The van der Waals surface area contributed by atoms with Crippen molar-refractivity contribution in [1.29, 1.82) is 0 Å². The van der Waals surface area contributed by atoms with Gasteiger partial charge in [-0.15, -0.1) is 0 Å². The Kier molecular flexibility index (Phi) is 2.60. The first-order chi connectivity index (χ1) is 10.3. The zero-order valence-corrected chi connectivity index (χ0v) is 11.3. The maximum Gasteiger partial charge on any atom is 0.277 e. The molecule has 4 rings (SSSR count). The Hall–Kier alpha value is -2.88. The number of fused-ring (bicyclic) bond motifs is 3. The third-order valence-electron chi connectivity index (χ3n) is 3.68. The average molecular weight is 275 g/mol. The molecule has 4 nitrogen and oxygen atoms in total. The van der Waals surface area contributed by atoms with E-state index in [4.69, 9.17) is 0 Å². The van der Waals surface area contributed by atoms with Gasteiger partial charge in [-0.1, -0.05) is 48.5 Å². The summed E-state index contributed by atoms with van der Waals surface area (Å²) in [6.45, 7) is 0.481. The fourth-order valence-electron chi connectivity index (χ4n) is 2.67. The number of hydrogen-bond acceptors (Lipinski definition) is 2. The van der Waals surface area contributed by atoms with E-state index in [1.54, 1.807) is 6.20 Å². The second kappa shape index (κ2) is 4.59. The summed E-state index contributed by atoms with van der Waals surface area (Å²) in [5.41, 5.74) is 2.74. The maximum atomic E-state index is 12.7. The highest BCUT2D eigenvalue weighted by Crippen LogP contribution is 2.21. The van der Waals surface area contributed by atoms with Crippen molar-refractivity contribution in [3.05, 3.63) is 76.7 Å². The van der Waals surface area contributed by atoms with E-state index in [2.05, 4.69) is 10.1 Å². The summed E-state index contributed by atoms with van der Waals surface area (Å²) < 4.78 is 1.51. The number of nitrogens with zero attached hydrogens (tertiary/aromatic N) is 2. The first-order valence-corrected chi connectivity index (χ1v) is 6.83. The summed E-state index contributed by atoms with van der Waals surface area (Å²) in [4.78, 5) is 15.9. The smallest absolute Gasteiger partial charge is 0.277 e. The van der Waals surface area contributed by atoms with Crippen molar-refractivity contribution < 1.29 is 0 Å². The van der Waals surface area contributed by atoms with E-state index >= 15 is 0 Å². The minimum Gasteiger partial charge on any atom is -0.353 e. The molecule has 1 N–H and O–H groups in total. The number of hydrogen-bond donors (Lipinski definition) is 1. The van der Waals surface area contributed by atoms with E-state index in [9.17, 15) is 4.79 Å². The molecule has 2 aromatic carbocycles. The zero-order chi connectivity index (χ0) is 14.2. The molecule has 0 fully saturated rings. The van der Waals surface area contributed by atoms with Gasteiger partial charge in [0, 0.05) is 10.9 Å². The van der Waals surface area contributed by atoms with Gasteiger partial charge in [0.05, 0.1) is 23.6 Å². The standard InChI is InChI=1S/C17H13N3O/c21-17-16-13-8-4-5-9-14(13)19-15(16)10-18-20(17)11-12-6-2-1-3-7-12/h1-10,19H,11H2. The van der Waals surface area contributed by atoms with E-state index in [-0.39, 0.29) is 5.56 Å². The fourth-order valence-corrected chi connectivity index (χ4v) is 2.67. The van der Waals surface area contributed by atoms with Crippen molar-refractivity contribution in [3.63, 3.8) is 0 Å². The lowest BCUT2D eigenvalue weighted by molar-refractivity contribution is 0.647. The number of aromatic nitrogens is 3. The van der Waals surface area contributed by atoms with Gasteiger partial charge >= 0.3 is 0 Å². The van der Waals surface area contributed by atoms with Crippen LogP contribution in [0.3, 0.4) is 0 Å². The van der Waals surface area contributed by atoms with Gasteiger partial charge in [0.25, 0.3) is 5.56 Å². The molecule has 0 aliphatic heterocycles. The molecule has 2 heterocycles. The summed E-state index contributed by atoms with van der Waals surface area (Å²) in [6.07, 6.45) is 1.72. The van der Waals surface area contributed by atoms with Crippen LogP contribution in [0.15, 0.2) is 65.6 Å². The molecule has 0 unspecified atom stereocenters. The largest absolute Gasteiger partial charge is 0.353 e. The zero-order valence-electron chi connectivity index (χ0n) is 11.3. The number of H-pyrrole nitrogens is 1. The van der Waals surface area contributed by atoms with Crippen molar-refractivity contribution in [2.75, 3.05) is 0 Å². The monoisotopic (exact) mass is 275 g/mol. The Balaban J connectivity index is 1.93. The first kappa shape index (κ1) is 11.9. The van der Waals surface area contributed by atoms with Gasteiger partial charge in [0.1, 0.15) is 0 Å². The first-order valence-electron chi connectivity index (χ1n) is 6.83. The van der Waals surface area contributed by atoms with Gasteiger partial charge in [0.15, 0.2) is 0 Å². The third kappa shape index (κ3) is 1.92. The molecule has 0 bridgehead atoms. The highest BCUT2D eigenvalue weighted by Gasteiger charge is 2.10. The van der Waals surface area contributed by atoms with E-state index in [1.807, 2.05) is 54.6 Å². The SMILES string of the molecule is O=c1c2c(cnn1Cc1ccccc1)[nH]c1ccccc12. The highest BCUT2D eigenvalue weighted by molar-refractivity contribution is 6.06. The van der Waals surface area contributed by atoms with Crippen LogP contribution >= 0.6 is 0 Å². The Labute approximate surface area is 120 Å². The Morgan fingerprint density at radius 1 is 0.952 bits per heavy atom. The molecule has 0 aliphatic rings. The van der Waals surface area contributed by atoms with E-state index in [0.717, 1.165) is 22.0 Å². The molecule has 4 aromatic rings. The van der Waals surface area contributed by atoms with Gasteiger partial charge in [-0.05, 0) is 11.6 Å². The van der Waals surface area contributed by atoms with Gasteiger partial charge in [-0.25, -0.2) is 4.68 Å². The number of aromatic amines is 1. The third-order valence-corrected chi connectivity index (χ3v) is 3.68. The fraction of sp³-hybridized carbons (Fsp3) is 0.0588. The maximum absolute atomic E-state index is 12.7. The van der Waals surface area contributed by atoms with Gasteiger partial charge in [0.2, 0.25) is 0 Å². The lowest BCUT2D eigenvalue weighted by atomic mass is 10.2. The number of nitrogens with one attached hydrogen (secondary N) is 1. The van der Waals surface area contributed by atoms with Crippen LogP contribution < -0.4 is 5.56 Å². The summed E-state index contributed by atoms with van der Waals surface area (Å²) in [5.74, 6) is 0. The van der Waals surface area contributed by atoms with Crippen LogP contribution in [0, 0.1) is 0 Å². The van der Waals surface area contributed by atoms with Crippen molar-refractivity contribution in [2.45, 2.75) is 6.54 Å². The lowest BCUT2D eigenvalue weighted by Gasteiger charge is -2.04. The Bertz CT molecular complexity index is 983. The van der Waals surface area contributed by atoms with Crippen molar-refractivity contribution in [1.82, 2.24) is 14.8 Å². The average Bonchev–Trinajstić information content (AvgIpc) is 2.90. The molecule has 0 radical (unpaired) electrons. The van der Waals surface area contributed by atoms with E-state index in [0.29, 0.717) is 11.9 Å². The minimum absolute atomic E-state index is 0.0613. The second-order valence-corrected chi connectivity index (χ2v) is 5.05. The van der Waals surface area contributed by atoms with Crippen LogP contribution in [0.1, 0.15) is 5.56 Å². The molecule has 102 valence electrons. The number of benzene rings is 2. The van der Waals surface area contributed by atoms with Crippen LogP contribution in [0.25, 0.3) is 21.8 Å². The van der Waals surface area contributed by atoms with E-state index in [1.165, 1.54) is 4.68 Å². The Morgan fingerprint density at radius 2 is 1.71 bits per heavy atom. The highest BCUT2D eigenvalue weighted by atomic mass is 16.1. The summed E-state index contributed by atoms with van der Waals surface area (Å²) in [5, 5.41) is 5.92. The molecule has 0 spiro atoms. The molecule has 0 saturated carbocycles. The van der Waals surface area contributed by atoms with Gasteiger partial charge in [-0.3, -0.25) is 4.79 Å². The number of para-hydroxylation sites is 1. The summed E-state index contributed by atoms with van der Waals surface area (Å²) >= 11 is 0. The van der Waals surface area contributed by atoms with Crippen molar-refractivity contribution in [2.24, 2.45) is 0 Å². The van der Waals surface area contributed by atoms with Crippen LogP contribution in [0.4, 0.5) is 0 Å². The molecule has 2 aromatic heterocycles. The van der Waals surface area contributed by atoms with Gasteiger partial charge in [-0.2, -0.15) is 5.10 Å². The molecule has 0 aliphatic carbocycles.